The molecule has 0 spiro atoms. The number of primary amides is 1. The average molecular weight is 399 g/mol. The van der Waals surface area contributed by atoms with E-state index in [9.17, 15) is 14.4 Å². The minimum Gasteiger partial charge on any atom is -0.497 e. The van der Waals surface area contributed by atoms with Crippen LogP contribution in [0.4, 0.5) is 4.79 Å². The van der Waals surface area contributed by atoms with Crippen LogP contribution >= 0.6 is 0 Å². The molecule has 0 saturated heterocycles. The lowest BCUT2D eigenvalue weighted by atomic mass is 9.93. The van der Waals surface area contributed by atoms with Crippen LogP contribution in [0.1, 0.15) is 50.6 Å². The van der Waals surface area contributed by atoms with Crippen molar-refractivity contribution in [1.29, 1.82) is 0 Å². The highest BCUT2D eigenvalue weighted by Crippen LogP contribution is 2.29. The Balaban J connectivity index is 1.72. The van der Waals surface area contributed by atoms with Crippen molar-refractivity contribution in [3.63, 3.8) is 0 Å². The summed E-state index contributed by atoms with van der Waals surface area (Å²) in [5, 5.41) is 4.01. The maximum atomic E-state index is 12.5. The number of hydrogen-bond donors (Lipinski definition) is 4. The molecule has 1 aromatic heterocycles. The van der Waals surface area contributed by atoms with Gasteiger partial charge in [0.25, 0.3) is 5.91 Å². The first kappa shape index (κ1) is 19.9. The van der Waals surface area contributed by atoms with Gasteiger partial charge in [0.15, 0.2) is 5.76 Å². The number of rotatable bonds is 4. The summed E-state index contributed by atoms with van der Waals surface area (Å²) >= 11 is 0. The first-order valence-electron chi connectivity index (χ1n) is 8.90. The molecule has 1 aromatic carbocycles. The van der Waals surface area contributed by atoms with E-state index in [1.165, 1.54) is 7.11 Å². The molecule has 1 aliphatic carbocycles. The van der Waals surface area contributed by atoms with Crippen molar-refractivity contribution in [2.24, 2.45) is 10.8 Å². The number of nitrogens with zero attached hydrogens (tertiary/aromatic N) is 1. The molecule has 0 fully saturated rings. The zero-order valence-electron chi connectivity index (χ0n) is 16.0. The number of carbonyl (C=O) groups excluding carboxylic acids is 3. The van der Waals surface area contributed by atoms with Gasteiger partial charge in [-0.25, -0.2) is 10.2 Å². The van der Waals surface area contributed by atoms with Gasteiger partial charge in [0, 0.05) is 23.1 Å². The van der Waals surface area contributed by atoms with Crippen molar-refractivity contribution < 1.29 is 23.5 Å². The van der Waals surface area contributed by atoms with E-state index in [0.717, 1.165) is 6.42 Å². The van der Waals surface area contributed by atoms with Crippen LogP contribution in [-0.2, 0) is 6.42 Å². The third-order valence-corrected chi connectivity index (χ3v) is 4.47. The number of urea groups is 1. The molecule has 1 heterocycles. The van der Waals surface area contributed by atoms with Crippen LogP contribution in [0.3, 0.4) is 0 Å². The fraction of sp³-hybridized carbons (Fsp3) is 0.263. The molecule has 5 N–H and O–H groups in total. The number of amides is 4. The molecule has 0 aliphatic heterocycles. The van der Waals surface area contributed by atoms with Gasteiger partial charge in [0.1, 0.15) is 11.5 Å². The van der Waals surface area contributed by atoms with E-state index in [-0.39, 0.29) is 5.76 Å². The van der Waals surface area contributed by atoms with E-state index in [0.29, 0.717) is 46.8 Å². The van der Waals surface area contributed by atoms with E-state index in [1.807, 2.05) is 0 Å². The Kier molecular flexibility index (Phi) is 5.82. The molecular weight excluding hydrogens is 378 g/mol. The smallest absolute Gasteiger partial charge is 0.332 e. The van der Waals surface area contributed by atoms with Gasteiger partial charge >= 0.3 is 11.9 Å². The molecule has 0 saturated carbocycles. The zero-order valence-corrected chi connectivity index (χ0v) is 16.0. The Morgan fingerprint density at radius 3 is 2.45 bits per heavy atom. The highest BCUT2D eigenvalue weighted by atomic mass is 16.5. The number of methoxy groups -OCH3 is 1. The van der Waals surface area contributed by atoms with Crippen molar-refractivity contribution in [3.8, 4) is 5.75 Å². The maximum Gasteiger partial charge on any atom is 0.332 e. The number of hydrazone groups is 1. The largest absolute Gasteiger partial charge is 0.497 e. The molecule has 10 nitrogen and oxygen atoms in total. The number of benzene rings is 1. The van der Waals surface area contributed by atoms with Crippen LogP contribution in [0.5, 0.6) is 5.75 Å². The van der Waals surface area contributed by atoms with Gasteiger partial charge in [-0.05, 0) is 44.0 Å². The normalized spacial score (nSPS) is 14.1. The number of ether oxygens (including phenoxy) is 1. The van der Waals surface area contributed by atoms with Crippen LogP contribution in [0.25, 0.3) is 0 Å². The monoisotopic (exact) mass is 399 g/mol. The zero-order chi connectivity index (χ0) is 21.0. The maximum absolute atomic E-state index is 12.5. The van der Waals surface area contributed by atoms with Crippen molar-refractivity contribution >= 4 is 23.6 Å². The number of nitrogens with one attached hydrogen (secondary N) is 3. The van der Waals surface area contributed by atoms with Crippen molar-refractivity contribution in [2.75, 3.05) is 7.11 Å². The summed E-state index contributed by atoms with van der Waals surface area (Å²) in [5.74, 6) is 0.207. The molecule has 10 heteroatoms. The molecule has 152 valence electrons. The average Bonchev–Trinajstić information content (AvgIpc) is 3.07. The van der Waals surface area contributed by atoms with Crippen LogP contribution in [0, 0.1) is 6.92 Å². The first-order valence-corrected chi connectivity index (χ1v) is 8.90. The third-order valence-electron chi connectivity index (χ3n) is 4.47. The quantitative estimate of drug-likeness (QED) is 0.573. The lowest BCUT2D eigenvalue weighted by Gasteiger charge is -2.13. The van der Waals surface area contributed by atoms with Gasteiger partial charge in [0.05, 0.1) is 12.8 Å². The Hall–Kier alpha value is -3.82. The van der Waals surface area contributed by atoms with Gasteiger partial charge in [-0.2, -0.15) is 5.10 Å². The fourth-order valence-corrected chi connectivity index (χ4v) is 3.10. The van der Waals surface area contributed by atoms with Gasteiger partial charge < -0.3 is 14.9 Å². The minimum atomic E-state index is -0.773. The SMILES string of the molecule is COc1ccc(C(=O)NNC(=O)c2oc3c(c2C)/C(=N/NC(N)=O)CCC3)cc1. The van der Waals surface area contributed by atoms with E-state index in [2.05, 4.69) is 21.4 Å². The molecule has 0 unspecified atom stereocenters. The Morgan fingerprint density at radius 2 is 1.79 bits per heavy atom. The van der Waals surface area contributed by atoms with Crippen molar-refractivity contribution in [3.05, 3.63) is 52.5 Å². The van der Waals surface area contributed by atoms with Crippen LogP contribution < -0.4 is 26.7 Å². The molecule has 2 aromatic rings. The van der Waals surface area contributed by atoms with Crippen LogP contribution in [-0.4, -0.2) is 30.7 Å². The fourth-order valence-electron chi connectivity index (χ4n) is 3.10. The van der Waals surface area contributed by atoms with Gasteiger partial charge in [-0.15, -0.1) is 0 Å². The highest BCUT2D eigenvalue weighted by Gasteiger charge is 2.28. The molecule has 0 radical (unpaired) electrons. The summed E-state index contributed by atoms with van der Waals surface area (Å²) < 4.78 is 10.7. The number of hydrogen-bond acceptors (Lipinski definition) is 6. The number of fused-ring (bicyclic) bond motifs is 1. The molecule has 1 aliphatic rings. The predicted octanol–water partition coefficient (Wildman–Crippen LogP) is 1.38. The van der Waals surface area contributed by atoms with Gasteiger partial charge in [-0.1, -0.05) is 0 Å². The summed E-state index contributed by atoms with van der Waals surface area (Å²) in [5.41, 5.74) is 14.2. The van der Waals surface area contributed by atoms with Crippen molar-refractivity contribution in [2.45, 2.75) is 26.2 Å². The second-order valence-corrected chi connectivity index (χ2v) is 6.38. The molecule has 4 amide bonds. The summed E-state index contributed by atoms with van der Waals surface area (Å²) in [7, 11) is 1.53. The van der Waals surface area contributed by atoms with E-state index in [1.54, 1.807) is 31.2 Å². The Morgan fingerprint density at radius 1 is 1.10 bits per heavy atom. The van der Waals surface area contributed by atoms with Gasteiger partial charge in [0.2, 0.25) is 0 Å². The number of carbonyl (C=O) groups is 3. The topological polar surface area (TPSA) is 148 Å². The van der Waals surface area contributed by atoms with Crippen LogP contribution in [0.15, 0.2) is 33.8 Å². The minimum absolute atomic E-state index is 0.0682. The van der Waals surface area contributed by atoms with Crippen LogP contribution in [0.2, 0.25) is 0 Å². The first-order chi connectivity index (χ1) is 13.9. The summed E-state index contributed by atoms with van der Waals surface area (Å²) in [6, 6.07) is 5.66. The van der Waals surface area contributed by atoms with E-state index >= 15 is 0 Å². The highest BCUT2D eigenvalue weighted by molar-refractivity contribution is 6.07. The number of hydrazine groups is 1. The predicted molar refractivity (Wildman–Crippen MR) is 104 cm³/mol. The molecular formula is C19H21N5O5. The second kappa shape index (κ2) is 8.46. The lowest BCUT2D eigenvalue weighted by molar-refractivity contribution is 0.0829. The molecule has 3 rings (SSSR count). The number of furan rings is 1. The Bertz CT molecular complexity index is 978. The standard InChI is InChI=1S/C19H21N5O5/c1-10-15-13(21-24-19(20)27)4-3-5-14(15)29-16(10)18(26)23-22-17(25)11-6-8-12(28-2)9-7-11/h6-9H,3-5H2,1-2H3,(H,22,25)(H,23,26)(H3,20,24,27)/b21-13+. The molecule has 29 heavy (non-hydrogen) atoms. The molecule has 0 atom stereocenters. The van der Waals surface area contributed by atoms with Crippen molar-refractivity contribution in [1.82, 2.24) is 16.3 Å². The Labute approximate surface area is 166 Å². The van der Waals surface area contributed by atoms with E-state index < -0.39 is 17.8 Å². The van der Waals surface area contributed by atoms with Gasteiger partial charge in [-0.3, -0.25) is 20.4 Å². The summed E-state index contributed by atoms with van der Waals surface area (Å²) in [4.78, 5) is 35.6. The third kappa shape index (κ3) is 4.37. The number of nitrogens with two attached hydrogens (primary N) is 1. The second-order valence-electron chi connectivity index (χ2n) is 6.38. The number of aryl methyl sites for hydroxylation is 1. The summed E-state index contributed by atoms with van der Waals surface area (Å²) in [6.07, 6.45) is 2.01. The van der Waals surface area contributed by atoms with E-state index in [4.69, 9.17) is 14.9 Å². The summed E-state index contributed by atoms with van der Waals surface area (Å²) in [6.45, 7) is 1.72. The molecule has 0 bridgehead atoms. The lowest BCUT2D eigenvalue weighted by Crippen LogP contribution is -2.41.